The van der Waals surface area contributed by atoms with Crippen LogP contribution in [0.3, 0.4) is 0 Å². The fourth-order valence-corrected chi connectivity index (χ4v) is 1.90. The van der Waals surface area contributed by atoms with Crippen molar-refractivity contribution in [2.45, 2.75) is 59.5 Å². The third kappa shape index (κ3) is 2.68. The number of rotatable bonds is 6. The first-order valence-electron chi connectivity index (χ1n) is 6.23. The van der Waals surface area contributed by atoms with Crippen molar-refractivity contribution in [3.8, 4) is 0 Å². The van der Waals surface area contributed by atoms with Gasteiger partial charge in [0.2, 0.25) is 0 Å². The number of nitrogens with two attached hydrogens (primary N) is 1. The second kappa shape index (κ2) is 5.77. The number of hydrogen-bond acceptors (Lipinski definition) is 3. The molecular formula is C12H24N4. The van der Waals surface area contributed by atoms with Gasteiger partial charge >= 0.3 is 0 Å². The molecule has 1 rings (SSSR count). The number of nitrogens with zero attached hydrogens (tertiary/aromatic N) is 2. The first-order chi connectivity index (χ1) is 7.63. The van der Waals surface area contributed by atoms with E-state index in [4.69, 9.17) is 5.73 Å². The lowest BCUT2D eigenvalue weighted by molar-refractivity contribution is 0.598. The van der Waals surface area contributed by atoms with Gasteiger partial charge in [-0.15, -0.1) is 0 Å². The quantitative estimate of drug-likeness (QED) is 0.781. The van der Waals surface area contributed by atoms with Crippen LogP contribution < -0.4 is 11.1 Å². The molecule has 0 aromatic carbocycles. The van der Waals surface area contributed by atoms with Gasteiger partial charge in [0.25, 0.3) is 0 Å². The number of anilines is 2. The molecule has 0 aliphatic rings. The van der Waals surface area contributed by atoms with Crippen molar-refractivity contribution in [3.63, 3.8) is 0 Å². The van der Waals surface area contributed by atoms with Gasteiger partial charge in [0, 0.05) is 12.6 Å². The zero-order valence-corrected chi connectivity index (χ0v) is 10.9. The minimum atomic E-state index is 0.494. The van der Waals surface area contributed by atoms with E-state index in [0.29, 0.717) is 6.04 Å². The highest BCUT2D eigenvalue weighted by atomic mass is 15.3. The molecule has 4 heteroatoms. The van der Waals surface area contributed by atoms with Crippen LogP contribution >= 0.6 is 0 Å². The fourth-order valence-electron chi connectivity index (χ4n) is 1.90. The lowest BCUT2D eigenvalue weighted by Crippen LogP contribution is -2.21. The zero-order chi connectivity index (χ0) is 12.1. The van der Waals surface area contributed by atoms with Crippen LogP contribution in [0.4, 0.5) is 11.5 Å². The maximum Gasteiger partial charge on any atom is 0.148 e. The number of hydrogen-bond donors (Lipinski definition) is 2. The summed E-state index contributed by atoms with van der Waals surface area (Å²) >= 11 is 0. The second-order valence-electron chi connectivity index (χ2n) is 4.20. The molecule has 16 heavy (non-hydrogen) atoms. The Morgan fingerprint density at radius 2 is 2.06 bits per heavy atom. The molecule has 1 unspecified atom stereocenters. The lowest BCUT2D eigenvalue weighted by atomic mass is 10.1. The molecule has 0 saturated carbocycles. The van der Waals surface area contributed by atoms with E-state index in [0.717, 1.165) is 30.2 Å². The molecule has 0 saturated heterocycles. The Morgan fingerprint density at radius 1 is 1.38 bits per heavy atom. The van der Waals surface area contributed by atoms with Crippen LogP contribution in [0.1, 0.15) is 45.7 Å². The van der Waals surface area contributed by atoms with Crippen LogP contribution in [-0.4, -0.2) is 15.8 Å². The number of nitrogen functional groups attached to an aromatic ring is 1. The van der Waals surface area contributed by atoms with E-state index in [9.17, 15) is 0 Å². The molecule has 92 valence electrons. The van der Waals surface area contributed by atoms with Crippen molar-refractivity contribution in [1.82, 2.24) is 9.78 Å². The predicted octanol–water partition coefficient (Wildman–Crippen LogP) is 2.78. The number of nitrogens with one attached hydrogen (secondary N) is 1. The zero-order valence-electron chi connectivity index (χ0n) is 10.9. The molecule has 1 aromatic rings. The standard InChI is InChI=1S/C12H24N4/c1-5-8-10(6-2)14-12-11(13)9(4)15-16(12)7-3/h10,14H,5-8,13H2,1-4H3. The van der Waals surface area contributed by atoms with Crippen molar-refractivity contribution >= 4 is 11.5 Å². The Bertz CT molecular complexity index is 330. The molecule has 0 spiro atoms. The van der Waals surface area contributed by atoms with Gasteiger partial charge in [0.15, 0.2) is 0 Å². The van der Waals surface area contributed by atoms with Crippen LogP contribution in [0.5, 0.6) is 0 Å². The van der Waals surface area contributed by atoms with Crippen molar-refractivity contribution in [3.05, 3.63) is 5.69 Å². The summed E-state index contributed by atoms with van der Waals surface area (Å²) in [7, 11) is 0. The molecule has 0 radical (unpaired) electrons. The largest absolute Gasteiger partial charge is 0.394 e. The van der Waals surface area contributed by atoms with E-state index in [2.05, 4.69) is 31.2 Å². The van der Waals surface area contributed by atoms with Crippen LogP contribution in [0.15, 0.2) is 0 Å². The Labute approximate surface area is 98.2 Å². The maximum atomic E-state index is 6.03. The van der Waals surface area contributed by atoms with Crippen molar-refractivity contribution in [2.75, 3.05) is 11.1 Å². The molecule has 1 atom stereocenters. The molecule has 1 heterocycles. The van der Waals surface area contributed by atoms with Gasteiger partial charge in [0.05, 0.1) is 11.4 Å². The highest BCUT2D eigenvalue weighted by Gasteiger charge is 2.14. The molecule has 3 N–H and O–H groups in total. The highest BCUT2D eigenvalue weighted by Crippen LogP contribution is 2.24. The molecule has 0 amide bonds. The molecule has 4 nitrogen and oxygen atoms in total. The second-order valence-corrected chi connectivity index (χ2v) is 4.20. The van der Waals surface area contributed by atoms with Crippen molar-refractivity contribution < 1.29 is 0 Å². The van der Waals surface area contributed by atoms with E-state index in [1.54, 1.807) is 0 Å². The van der Waals surface area contributed by atoms with Gasteiger partial charge in [-0.05, 0) is 26.7 Å². The average molecular weight is 224 g/mol. The minimum Gasteiger partial charge on any atom is -0.394 e. The van der Waals surface area contributed by atoms with Gasteiger partial charge in [0.1, 0.15) is 5.82 Å². The summed E-state index contributed by atoms with van der Waals surface area (Å²) in [6.45, 7) is 9.29. The monoisotopic (exact) mass is 224 g/mol. The first-order valence-corrected chi connectivity index (χ1v) is 6.23. The molecule has 0 bridgehead atoms. The number of aromatic nitrogens is 2. The minimum absolute atomic E-state index is 0.494. The van der Waals surface area contributed by atoms with Gasteiger partial charge < -0.3 is 11.1 Å². The Kier molecular flexibility index (Phi) is 4.65. The van der Waals surface area contributed by atoms with Gasteiger partial charge in [-0.25, -0.2) is 4.68 Å². The summed E-state index contributed by atoms with van der Waals surface area (Å²) in [5, 5.41) is 7.92. The van der Waals surface area contributed by atoms with E-state index in [-0.39, 0.29) is 0 Å². The topological polar surface area (TPSA) is 55.9 Å². The summed E-state index contributed by atoms with van der Waals surface area (Å²) in [6, 6.07) is 0.494. The molecule has 0 aliphatic carbocycles. The summed E-state index contributed by atoms with van der Waals surface area (Å²) in [4.78, 5) is 0. The van der Waals surface area contributed by atoms with E-state index >= 15 is 0 Å². The third-order valence-electron chi connectivity index (χ3n) is 2.94. The summed E-state index contributed by atoms with van der Waals surface area (Å²) < 4.78 is 1.95. The predicted molar refractivity (Wildman–Crippen MR) is 69.7 cm³/mol. The van der Waals surface area contributed by atoms with Crippen LogP contribution in [0.25, 0.3) is 0 Å². The first kappa shape index (κ1) is 12.9. The van der Waals surface area contributed by atoms with Crippen LogP contribution in [0, 0.1) is 6.92 Å². The molecular weight excluding hydrogens is 200 g/mol. The summed E-state index contributed by atoms with van der Waals surface area (Å²) in [6.07, 6.45) is 3.47. The van der Waals surface area contributed by atoms with E-state index in [1.165, 1.54) is 12.8 Å². The van der Waals surface area contributed by atoms with Gasteiger partial charge in [-0.2, -0.15) is 5.10 Å². The summed E-state index contributed by atoms with van der Waals surface area (Å²) in [5.41, 5.74) is 7.73. The van der Waals surface area contributed by atoms with E-state index in [1.807, 2.05) is 11.6 Å². The lowest BCUT2D eigenvalue weighted by Gasteiger charge is -2.18. The summed E-state index contributed by atoms with van der Waals surface area (Å²) in [5.74, 6) is 0.986. The smallest absolute Gasteiger partial charge is 0.148 e. The average Bonchev–Trinajstić information content (AvgIpc) is 2.55. The number of aryl methyl sites for hydroxylation is 2. The van der Waals surface area contributed by atoms with Crippen molar-refractivity contribution in [1.29, 1.82) is 0 Å². The maximum absolute atomic E-state index is 6.03. The Morgan fingerprint density at radius 3 is 2.56 bits per heavy atom. The SMILES string of the molecule is CCCC(CC)Nc1c(N)c(C)nn1CC. The van der Waals surface area contributed by atoms with Crippen LogP contribution in [0.2, 0.25) is 0 Å². The van der Waals surface area contributed by atoms with Crippen molar-refractivity contribution in [2.24, 2.45) is 0 Å². The highest BCUT2D eigenvalue weighted by molar-refractivity contribution is 5.65. The molecule has 0 aliphatic heterocycles. The fraction of sp³-hybridized carbons (Fsp3) is 0.750. The normalized spacial score (nSPS) is 12.8. The van der Waals surface area contributed by atoms with Crippen LogP contribution in [-0.2, 0) is 6.54 Å². The van der Waals surface area contributed by atoms with E-state index < -0.39 is 0 Å². The third-order valence-corrected chi connectivity index (χ3v) is 2.94. The van der Waals surface area contributed by atoms with Gasteiger partial charge in [-0.3, -0.25) is 0 Å². The molecule has 0 fully saturated rings. The Hall–Kier alpha value is -1.19. The van der Waals surface area contributed by atoms with Gasteiger partial charge in [-0.1, -0.05) is 20.3 Å². The molecule has 1 aromatic heterocycles. The Balaban J connectivity index is 2.85.